The van der Waals surface area contributed by atoms with Crippen LogP contribution < -0.4 is 10.2 Å². The molecule has 1 atom stereocenters. The number of anilines is 1. The summed E-state index contributed by atoms with van der Waals surface area (Å²) in [7, 11) is 1.77. The minimum atomic E-state index is -0.293. The first-order chi connectivity index (χ1) is 16.0. The Bertz CT molecular complexity index is 1260. The summed E-state index contributed by atoms with van der Waals surface area (Å²) in [6.07, 6.45) is 7.44. The van der Waals surface area contributed by atoms with Crippen molar-refractivity contribution in [3.63, 3.8) is 0 Å². The van der Waals surface area contributed by atoms with Crippen molar-refractivity contribution in [3.8, 4) is 10.6 Å². The number of carbonyl (C=O) groups excluding carboxylic acids is 1. The topological polar surface area (TPSA) is 100 Å². The molecule has 1 fully saturated rings. The Kier molecular flexibility index (Phi) is 5.86. The lowest BCUT2D eigenvalue weighted by Crippen LogP contribution is -2.37. The normalized spacial score (nSPS) is 15.8. The summed E-state index contributed by atoms with van der Waals surface area (Å²) in [6, 6.07) is 5.86. The van der Waals surface area contributed by atoms with Gasteiger partial charge in [-0.15, -0.1) is 21.5 Å². The van der Waals surface area contributed by atoms with Crippen LogP contribution in [0.15, 0.2) is 36.9 Å². The summed E-state index contributed by atoms with van der Waals surface area (Å²) in [4.78, 5) is 25.6. The second-order valence-electron chi connectivity index (χ2n) is 8.35. The Morgan fingerprint density at radius 3 is 2.82 bits per heavy atom. The highest BCUT2D eigenvalue weighted by Gasteiger charge is 2.24. The third-order valence-electron chi connectivity index (χ3n) is 6.15. The third-order valence-corrected chi connectivity index (χ3v) is 7.17. The van der Waals surface area contributed by atoms with Crippen LogP contribution in [0.3, 0.4) is 0 Å². The van der Waals surface area contributed by atoms with Crippen molar-refractivity contribution in [2.24, 2.45) is 0 Å². The van der Waals surface area contributed by atoms with Gasteiger partial charge in [0.15, 0.2) is 11.5 Å². The van der Waals surface area contributed by atoms with Crippen LogP contribution in [0.25, 0.3) is 16.2 Å². The predicted molar refractivity (Wildman–Crippen MR) is 128 cm³/mol. The molecule has 5 heterocycles. The van der Waals surface area contributed by atoms with Gasteiger partial charge in [0.05, 0.1) is 40.2 Å². The van der Waals surface area contributed by atoms with Gasteiger partial charge in [-0.05, 0) is 44.9 Å². The monoisotopic (exact) mass is 465 g/mol. The molecular weight excluding hydrogens is 438 g/mol. The van der Waals surface area contributed by atoms with Crippen molar-refractivity contribution >= 4 is 28.6 Å². The van der Waals surface area contributed by atoms with Gasteiger partial charge in [-0.2, -0.15) is 0 Å². The van der Waals surface area contributed by atoms with E-state index in [-0.39, 0.29) is 18.1 Å². The zero-order valence-corrected chi connectivity index (χ0v) is 19.7. The number of nitrogens with zero attached hydrogens (tertiary/aromatic N) is 5. The Balaban J connectivity index is 1.54. The lowest BCUT2D eigenvalue weighted by atomic mass is 10.1. The molecule has 0 bridgehead atoms. The van der Waals surface area contributed by atoms with Crippen molar-refractivity contribution < 1.29 is 9.53 Å². The minimum Gasteiger partial charge on any atom is -0.381 e. The lowest BCUT2D eigenvalue weighted by molar-refractivity contribution is 0.0819. The van der Waals surface area contributed by atoms with E-state index in [1.165, 1.54) is 11.2 Å². The highest BCUT2D eigenvalue weighted by Crippen LogP contribution is 2.33. The van der Waals surface area contributed by atoms with Gasteiger partial charge < -0.3 is 19.9 Å². The van der Waals surface area contributed by atoms with Crippen LogP contribution >= 0.6 is 11.3 Å². The quantitative estimate of drug-likeness (QED) is 0.451. The number of carbonyl (C=O) groups is 1. The van der Waals surface area contributed by atoms with Crippen molar-refractivity contribution in [1.29, 1.82) is 0 Å². The molecule has 0 spiro atoms. The van der Waals surface area contributed by atoms with Crippen LogP contribution in [-0.4, -0.2) is 56.8 Å². The average molecular weight is 466 g/mol. The first kappa shape index (κ1) is 21.6. The van der Waals surface area contributed by atoms with Gasteiger partial charge in [0.25, 0.3) is 5.91 Å². The van der Waals surface area contributed by atoms with Gasteiger partial charge in [0.2, 0.25) is 0 Å². The maximum atomic E-state index is 13.3. The molecule has 1 aliphatic heterocycles. The number of imidazole rings is 1. The van der Waals surface area contributed by atoms with Crippen LogP contribution in [0.1, 0.15) is 46.9 Å². The van der Waals surface area contributed by atoms with E-state index in [4.69, 9.17) is 9.72 Å². The van der Waals surface area contributed by atoms with Crippen LogP contribution in [0.5, 0.6) is 0 Å². The Morgan fingerprint density at radius 2 is 2.15 bits per heavy atom. The number of rotatable bonds is 6. The highest BCUT2D eigenvalue weighted by molar-refractivity contribution is 7.15. The highest BCUT2D eigenvalue weighted by atomic mass is 32.1. The van der Waals surface area contributed by atoms with Crippen LogP contribution in [-0.2, 0) is 4.74 Å². The molecule has 0 aliphatic carbocycles. The summed E-state index contributed by atoms with van der Waals surface area (Å²) in [5.41, 5.74) is 3.37. The fraction of sp³-hybridized carbons (Fsp3) is 0.391. The molecule has 2 N–H and O–H groups in total. The number of nitrogens with one attached hydrogen (secondary N) is 2. The van der Waals surface area contributed by atoms with Crippen LogP contribution in [0, 0.1) is 6.92 Å². The maximum Gasteiger partial charge on any atom is 0.253 e. The number of fused-ring (bicyclic) bond motifs is 1. The number of methoxy groups -OCH3 is 1. The van der Waals surface area contributed by atoms with E-state index in [0.717, 1.165) is 47.8 Å². The second-order valence-corrected chi connectivity index (χ2v) is 9.64. The predicted octanol–water partition coefficient (Wildman–Crippen LogP) is 3.60. The molecule has 172 valence electrons. The molecule has 0 aromatic carbocycles. The van der Waals surface area contributed by atoms with Crippen molar-refractivity contribution in [2.75, 3.05) is 25.1 Å². The molecule has 1 saturated heterocycles. The number of pyridine rings is 1. The molecule has 9 nitrogen and oxygen atoms in total. The standard InChI is InChI=1S/C23H27N7O2S/c1-14-4-5-20(33-14)19-11-24-22-18(29-8-6-17(32-3)7-9-29)10-16(12-30(19)22)23(31)27-15(2)21-25-13-26-28-21/h4-5,10-13,15,17H,6-9H2,1-3H3,(H,27,31)(H,25,26,28)/t15-/m0/s1. The number of ether oxygens (including phenoxy) is 1. The summed E-state index contributed by atoms with van der Waals surface area (Å²) in [6.45, 7) is 5.68. The lowest BCUT2D eigenvalue weighted by Gasteiger charge is -2.33. The van der Waals surface area contributed by atoms with Crippen LogP contribution in [0.4, 0.5) is 5.69 Å². The van der Waals surface area contributed by atoms with Gasteiger partial charge in [0.1, 0.15) is 6.33 Å². The second kappa shape index (κ2) is 8.95. The molecule has 0 unspecified atom stereocenters. The van der Waals surface area contributed by atoms with Gasteiger partial charge >= 0.3 is 0 Å². The molecule has 1 aliphatic rings. The number of thiophene rings is 1. The number of amides is 1. The number of piperidine rings is 1. The number of aromatic amines is 1. The summed E-state index contributed by atoms with van der Waals surface area (Å²) in [5.74, 6) is 0.444. The molecule has 0 radical (unpaired) electrons. The van der Waals surface area contributed by atoms with Gasteiger partial charge in [-0.3, -0.25) is 9.20 Å². The van der Waals surface area contributed by atoms with E-state index in [2.05, 4.69) is 44.5 Å². The van der Waals surface area contributed by atoms with E-state index >= 15 is 0 Å². The fourth-order valence-electron chi connectivity index (χ4n) is 4.29. The molecule has 10 heteroatoms. The van der Waals surface area contributed by atoms with E-state index in [1.54, 1.807) is 18.4 Å². The summed E-state index contributed by atoms with van der Waals surface area (Å²) in [5, 5.41) is 10.8. The van der Waals surface area contributed by atoms with Gasteiger partial charge in [-0.25, -0.2) is 4.98 Å². The van der Waals surface area contributed by atoms with E-state index in [1.807, 2.05) is 29.8 Å². The fourth-order valence-corrected chi connectivity index (χ4v) is 5.16. The number of hydrogen-bond donors (Lipinski definition) is 2. The van der Waals surface area contributed by atoms with Crippen molar-refractivity contribution in [2.45, 2.75) is 38.8 Å². The van der Waals surface area contributed by atoms with E-state index < -0.39 is 0 Å². The zero-order chi connectivity index (χ0) is 22.9. The number of aromatic nitrogens is 5. The van der Waals surface area contributed by atoms with Gasteiger partial charge in [-0.1, -0.05) is 0 Å². The minimum absolute atomic E-state index is 0.171. The summed E-state index contributed by atoms with van der Waals surface area (Å²) < 4.78 is 7.58. The molecule has 4 aromatic heterocycles. The largest absolute Gasteiger partial charge is 0.381 e. The van der Waals surface area contributed by atoms with E-state index in [0.29, 0.717) is 11.4 Å². The zero-order valence-electron chi connectivity index (χ0n) is 18.9. The summed E-state index contributed by atoms with van der Waals surface area (Å²) >= 11 is 1.72. The molecule has 1 amide bonds. The SMILES string of the molecule is COC1CCN(c2cc(C(=O)N[C@@H](C)c3nnc[nH]3)cn3c(-c4ccc(C)s4)cnc23)CC1. The number of aryl methyl sites for hydroxylation is 1. The van der Waals surface area contributed by atoms with Crippen molar-refractivity contribution in [3.05, 3.63) is 53.2 Å². The third kappa shape index (κ3) is 4.23. The maximum absolute atomic E-state index is 13.3. The van der Waals surface area contributed by atoms with E-state index in [9.17, 15) is 4.79 Å². The smallest absolute Gasteiger partial charge is 0.253 e. The molecule has 5 rings (SSSR count). The Labute approximate surface area is 195 Å². The van der Waals surface area contributed by atoms with Crippen molar-refractivity contribution in [1.82, 2.24) is 29.9 Å². The number of hydrogen-bond acceptors (Lipinski definition) is 7. The first-order valence-electron chi connectivity index (χ1n) is 11.1. The molecule has 33 heavy (non-hydrogen) atoms. The molecular formula is C23H27N7O2S. The Morgan fingerprint density at radius 1 is 1.33 bits per heavy atom. The average Bonchev–Trinajstić information content (AvgIpc) is 3.59. The molecule has 4 aromatic rings. The number of H-pyrrole nitrogens is 1. The Hall–Kier alpha value is -3.24. The molecule has 0 saturated carbocycles. The first-order valence-corrected chi connectivity index (χ1v) is 11.9. The van der Waals surface area contributed by atoms with Gasteiger partial charge in [0, 0.05) is 31.3 Å². The van der Waals surface area contributed by atoms with Crippen LogP contribution in [0.2, 0.25) is 0 Å².